The Hall–Kier alpha value is -2.89. The van der Waals surface area contributed by atoms with Gasteiger partial charge in [-0.15, -0.1) is 0 Å². The largest absolute Gasteiger partial charge is 0.497 e. The standard InChI is InChI=1S/C22H25FN2O3/c1-28-20-8-4-17(5-9-20)15-22(27)25-12-10-19(11-13-25)24-21(26)14-16-2-6-18(23)7-3-16/h2-9,19H,10-15H2,1H3,(H,24,26). The number of benzene rings is 2. The van der Waals surface area contributed by atoms with Crippen molar-refractivity contribution in [2.75, 3.05) is 20.2 Å². The number of nitrogens with zero attached hydrogens (tertiary/aromatic N) is 1. The number of likely N-dealkylation sites (tertiary alicyclic amines) is 1. The summed E-state index contributed by atoms with van der Waals surface area (Å²) >= 11 is 0. The van der Waals surface area contributed by atoms with Gasteiger partial charge in [-0.2, -0.15) is 0 Å². The number of piperidine rings is 1. The lowest BCUT2D eigenvalue weighted by Crippen LogP contribution is -2.47. The molecular weight excluding hydrogens is 359 g/mol. The smallest absolute Gasteiger partial charge is 0.226 e. The lowest BCUT2D eigenvalue weighted by atomic mass is 10.0. The summed E-state index contributed by atoms with van der Waals surface area (Å²) in [6, 6.07) is 13.5. The highest BCUT2D eigenvalue weighted by Gasteiger charge is 2.23. The van der Waals surface area contributed by atoms with Crippen molar-refractivity contribution in [3.05, 3.63) is 65.5 Å². The second-order valence-electron chi connectivity index (χ2n) is 7.05. The zero-order valence-corrected chi connectivity index (χ0v) is 16.0. The quantitative estimate of drug-likeness (QED) is 0.833. The van der Waals surface area contributed by atoms with Crippen LogP contribution < -0.4 is 10.1 Å². The fourth-order valence-corrected chi connectivity index (χ4v) is 3.37. The number of hydrogen-bond donors (Lipinski definition) is 1. The third-order valence-corrected chi connectivity index (χ3v) is 5.01. The Bertz CT molecular complexity index is 798. The molecule has 5 nitrogen and oxygen atoms in total. The number of methoxy groups -OCH3 is 1. The van der Waals surface area contributed by atoms with Crippen molar-refractivity contribution < 1.29 is 18.7 Å². The molecule has 0 unspecified atom stereocenters. The molecule has 0 bridgehead atoms. The van der Waals surface area contributed by atoms with Gasteiger partial charge in [-0.1, -0.05) is 24.3 Å². The van der Waals surface area contributed by atoms with E-state index in [9.17, 15) is 14.0 Å². The first-order valence-corrected chi connectivity index (χ1v) is 9.48. The summed E-state index contributed by atoms with van der Waals surface area (Å²) in [5, 5.41) is 3.02. The van der Waals surface area contributed by atoms with Gasteiger partial charge in [-0.25, -0.2) is 4.39 Å². The van der Waals surface area contributed by atoms with Gasteiger partial charge in [0, 0.05) is 19.1 Å². The molecule has 0 spiro atoms. The van der Waals surface area contributed by atoms with Gasteiger partial charge in [-0.05, 0) is 48.2 Å². The monoisotopic (exact) mass is 384 g/mol. The van der Waals surface area contributed by atoms with Gasteiger partial charge in [0.05, 0.1) is 20.0 Å². The predicted molar refractivity (Wildman–Crippen MR) is 105 cm³/mol. The van der Waals surface area contributed by atoms with Gasteiger partial charge in [-0.3, -0.25) is 9.59 Å². The number of hydrogen-bond acceptors (Lipinski definition) is 3. The van der Waals surface area contributed by atoms with Crippen molar-refractivity contribution in [3.8, 4) is 5.75 Å². The van der Waals surface area contributed by atoms with Crippen LogP contribution >= 0.6 is 0 Å². The molecule has 0 atom stereocenters. The maximum atomic E-state index is 12.9. The third kappa shape index (κ3) is 5.55. The lowest BCUT2D eigenvalue weighted by Gasteiger charge is -2.32. The Labute approximate surface area is 164 Å². The number of ether oxygens (including phenoxy) is 1. The summed E-state index contributed by atoms with van der Waals surface area (Å²) in [5.41, 5.74) is 1.74. The van der Waals surface area contributed by atoms with E-state index in [4.69, 9.17) is 4.74 Å². The summed E-state index contributed by atoms with van der Waals surface area (Å²) in [6.45, 7) is 1.27. The van der Waals surface area contributed by atoms with Crippen LogP contribution in [0.3, 0.4) is 0 Å². The summed E-state index contributed by atoms with van der Waals surface area (Å²) in [7, 11) is 1.61. The van der Waals surface area contributed by atoms with Gasteiger partial charge in [0.2, 0.25) is 11.8 Å². The van der Waals surface area contributed by atoms with E-state index in [1.807, 2.05) is 29.2 Å². The van der Waals surface area contributed by atoms with Crippen LogP contribution in [0, 0.1) is 5.82 Å². The van der Waals surface area contributed by atoms with E-state index in [0.717, 1.165) is 29.7 Å². The molecule has 3 rings (SSSR count). The Morgan fingerprint density at radius 1 is 1.00 bits per heavy atom. The Kier molecular flexibility index (Phi) is 6.63. The van der Waals surface area contributed by atoms with Crippen LogP contribution in [-0.2, 0) is 22.4 Å². The fourth-order valence-electron chi connectivity index (χ4n) is 3.37. The topological polar surface area (TPSA) is 58.6 Å². The highest BCUT2D eigenvalue weighted by atomic mass is 19.1. The SMILES string of the molecule is COc1ccc(CC(=O)N2CCC(NC(=O)Cc3ccc(F)cc3)CC2)cc1. The first-order chi connectivity index (χ1) is 13.5. The van der Waals surface area contributed by atoms with E-state index in [1.54, 1.807) is 19.2 Å². The maximum absolute atomic E-state index is 12.9. The van der Waals surface area contributed by atoms with Crippen LogP contribution in [0.5, 0.6) is 5.75 Å². The molecule has 1 aliphatic rings. The molecule has 28 heavy (non-hydrogen) atoms. The van der Waals surface area contributed by atoms with E-state index in [1.165, 1.54) is 12.1 Å². The van der Waals surface area contributed by atoms with Crippen molar-refractivity contribution >= 4 is 11.8 Å². The molecular formula is C22H25FN2O3. The molecule has 2 aromatic carbocycles. The van der Waals surface area contributed by atoms with Crippen molar-refractivity contribution in [2.45, 2.75) is 31.7 Å². The Morgan fingerprint density at radius 3 is 2.18 bits per heavy atom. The van der Waals surface area contributed by atoms with E-state index in [0.29, 0.717) is 19.5 Å². The van der Waals surface area contributed by atoms with Crippen LogP contribution in [-0.4, -0.2) is 43.0 Å². The van der Waals surface area contributed by atoms with Crippen molar-refractivity contribution in [1.29, 1.82) is 0 Å². The first-order valence-electron chi connectivity index (χ1n) is 9.48. The van der Waals surface area contributed by atoms with E-state index < -0.39 is 0 Å². The molecule has 2 amide bonds. The molecule has 1 heterocycles. The van der Waals surface area contributed by atoms with Crippen LogP contribution in [0.4, 0.5) is 4.39 Å². The third-order valence-electron chi connectivity index (χ3n) is 5.01. The Morgan fingerprint density at radius 2 is 1.57 bits per heavy atom. The van der Waals surface area contributed by atoms with Crippen LogP contribution in [0.15, 0.2) is 48.5 Å². The minimum atomic E-state index is -0.309. The van der Waals surface area contributed by atoms with Crippen molar-refractivity contribution in [1.82, 2.24) is 10.2 Å². The van der Waals surface area contributed by atoms with Crippen molar-refractivity contribution in [2.24, 2.45) is 0 Å². The second kappa shape index (κ2) is 9.35. The summed E-state index contributed by atoms with van der Waals surface area (Å²) < 4.78 is 18.1. The zero-order valence-electron chi connectivity index (χ0n) is 16.0. The molecule has 0 radical (unpaired) electrons. The summed E-state index contributed by atoms with van der Waals surface area (Å²) in [4.78, 5) is 26.5. The predicted octanol–water partition coefficient (Wildman–Crippen LogP) is 2.73. The van der Waals surface area contributed by atoms with Crippen molar-refractivity contribution in [3.63, 3.8) is 0 Å². The normalized spacial score (nSPS) is 14.6. The second-order valence-corrected chi connectivity index (χ2v) is 7.05. The molecule has 1 saturated heterocycles. The molecule has 1 aliphatic heterocycles. The molecule has 1 N–H and O–H groups in total. The average molecular weight is 384 g/mol. The first kappa shape index (κ1) is 19.9. The maximum Gasteiger partial charge on any atom is 0.226 e. The molecule has 148 valence electrons. The number of amides is 2. The highest BCUT2D eigenvalue weighted by molar-refractivity contribution is 5.80. The van der Waals surface area contributed by atoms with Gasteiger partial charge in [0.1, 0.15) is 11.6 Å². The number of carbonyl (C=O) groups is 2. The van der Waals surface area contributed by atoms with Gasteiger partial charge < -0.3 is 15.0 Å². The van der Waals surface area contributed by atoms with Gasteiger partial charge in [0.25, 0.3) is 0 Å². The van der Waals surface area contributed by atoms with Gasteiger partial charge in [0.15, 0.2) is 0 Å². The van der Waals surface area contributed by atoms with Crippen LogP contribution in [0.2, 0.25) is 0 Å². The van der Waals surface area contributed by atoms with E-state index in [2.05, 4.69) is 5.32 Å². The average Bonchev–Trinajstić information content (AvgIpc) is 2.71. The number of nitrogens with one attached hydrogen (secondary N) is 1. The number of halogens is 1. The zero-order chi connectivity index (χ0) is 19.9. The summed E-state index contributed by atoms with van der Waals surface area (Å²) in [6.07, 6.45) is 2.08. The van der Waals surface area contributed by atoms with Crippen LogP contribution in [0.25, 0.3) is 0 Å². The number of carbonyl (C=O) groups excluding carboxylic acids is 2. The Balaban J connectivity index is 1.42. The summed E-state index contributed by atoms with van der Waals surface area (Å²) in [5.74, 6) is 0.486. The van der Waals surface area contributed by atoms with Gasteiger partial charge >= 0.3 is 0 Å². The molecule has 0 aliphatic carbocycles. The molecule has 2 aromatic rings. The molecule has 0 aromatic heterocycles. The molecule has 6 heteroatoms. The fraction of sp³-hybridized carbons (Fsp3) is 0.364. The lowest BCUT2D eigenvalue weighted by molar-refractivity contribution is -0.131. The van der Waals surface area contributed by atoms with E-state index >= 15 is 0 Å². The number of rotatable bonds is 6. The van der Waals surface area contributed by atoms with Crippen LogP contribution in [0.1, 0.15) is 24.0 Å². The minimum absolute atomic E-state index is 0.0676. The minimum Gasteiger partial charge on any atom is -0.497 e. The highest BCUT2D eigenvalue weighted by Crippen LogP contribution is 2.15. The van der Waals surface area contributed by atoms with E-state index in [-0.39, 0.29) is 30.1 Å². The molecule has 1 fully saturated rings. The molecule has 0 saturated carbocycles.